The number of carbonyl (C=O) groups is 1. The summed E-state index contributed by atoms with van der Waals surface area (Å²) >= 11 is 0. The second kappa shape index (κ2) is 11.0. The van der Waals surface area contributed by atoms with Crippen molar-refractivity contribution in [1.29, 1.82) is 0 Å². The number of nitrogens with zero attached hydrogens (tertiary/aromatic N) is 5. The van der Waals surface area contributed by atoms with Crippen LogP contribution >= 0.6 is 0 Å². The maximum Gasteiger partial charge on any atom is 0.318 e. The highest BCUT2D eigenvalue weighted by molar-refractivity contribution is 5.93. The molecule has 0 spiro atoms. The van der Waals surface area contributed by atoms with E-state index in [1.165, 1.54) is 0 Å². The van der Waals surface area contributed by atoms with Crippen LogP contribution in [0.5, 0.6) is 6.01 Å². The zero-order valence-electron chi connectivity index (χ0n) is 18.1. The van der Waals surface area contributed by atoms with E-state index in [2.05, 4.69) is 30.4 Å². The molecule has 3 aromatic rings. The van der Waals surface area contributed by atoms with E-state index in [9.17, 15) is 4.79 Å². The quantitative estimate of drug-likeness (QED) is 0.376. The molecule has 4 rings (SSSR count). The standard InChI is InChI=1S/C23H25N7O3/c24-22(31)17-4-3-6-19(14-17)29-26-16-20-15-21(30-9-12-32-13-10-30)28-23(27-20)33-11-7-18-5-1-2-8-25-18/h1-6,8,14-16,29H,7,9-13H2,(H2,24,31). The van der Waals surface area contributed by atoms with Crippen molar-refractivity contribution in [1.82, 2.24) is 15.0 Å². The van der Waals surface area contributed by atoms with Crippen molar-refractivity contribution in [3.8, 4) is 6.01 Å². The lowest BCUT2D eigenvalue weighted by atomic mass is 10.2. The summed E-state index contributed by atoms with van der Waals surface area (Å²) in [5, 5.41) is 4.24. The number of hydrogen-bond donors (Lipinski definition) is 2. The fraction of sp³-hybridized carbons (Fsp3) is 0.261. The Labute approximate surface area is 191 Å². The van der Waals surface area contributed by atoms with Gasteiger partial charge in [-0.05, 0) is 30.3 Å². The number of aromatic nitrogens is 3. The Morgan fingerprint density at radius 3 is 2.85 bits per heavy atom. The van der Waals surface area contributed by atoms with Crippen molar-refractivity contribution in [3.63, 3.8) is 0 Å². The molecule has 10 heteroatoms. The van der Waals surface area contributed by atoms with Gasteiger partial charge >= 0.3 is 6.01 Å². The van der Waals surface area contributed by atoms with E-state index < -0.39 is 5.91 Å². The number of rotatable bonds is 9. The Hall–Kier alpha value is -4.05. The van der Waals surface area contributed by atoms with Gasteiger partial charge in [-0.3, -0.25) is 15.2 Å². The summed E-state index contributed by atoms with van der Waals surface area (Å²) in [4.78, 5) is 26.8. The number of primary amides is 1. The SMILES string of the molecule is NC(=O)c1cccc(NN=Cc2cc(N3CCOCC3)nc(OCCc3ccccn3)n2)c1. The Morgan fingerprint density at radius 1 is 1.18 bits per heavy atom. The molecule has 33 heavy (non-hydrogen) atoms. The minimum Gasteiger partial charge on any atom is -0.463 e. The molecule has 1 fully saturated rings. The summed E-state index contributed by atoms with van der Waals surface area (Å²) < 4.78 is 11.3. The Kier molecular flexibility index (Phi) is 7.39. The largest absolute Gasteiger partial charge is 0.463 e. The normalized spacial score (nSPS) is 13.8. The number of ether oxygens (including phenoxy) is 2. The van der Waals surface area contributed by atoms with Gasteiger partial charge in [0.25, 0.3) is 0 Å². The Balaban J connectivity index is 1.47. The van der Waals surface area contributed by atoms with Crippen molar-refractivity contribution in [2.45, 2.75) is 6.42 Å². The van der Waals surface area contributed by atoms with E-state index in [1.54, 1.807) is 36.7 Å². The van der Waals surface area contributed by atoms with Crippen LogP contribution in [-0.2, 0) is 11.2 Å². The predicted molar refractivity (Wildman–Crippen MR) is 125 cm³/mol. The van der Waals surface area contributed by atoms with Crippen molar-refractivity contribution < 1.29 is 14.3 Å². The van der Waals surface area contributed by atoms with E-state index in [4.69, 9.17) is 15.2 Å². The highest BCUT2D eigenvalue weighted by atomic mass is 16.5. The molecule has 1 aliphatic rings. The summed E-state index contributed by atoms with van der Waals surface area (Å²) in [6, 6.07) is 14.7. The van der Waals surface area contributed by atoms with Crippen LogP contribution in [0.25, 0.3) is 0 Å². The van der Waals surface area contributed by atoms with Crippen LogP contribution in [0.15, 0.2) is 59.8 Å². The number of hydrazone groups is 1. The smallest absolute Gasteiger partial charge is 0.318 e. The van der Waals surface area contributed by atoms with Crippen molar-refractivity contribution >= 4 is 23.6 Å². The maximum atomic E-state index is 11.4. The summed E-state index contributed by atoms with van der Waals surface area (Å²) in [5.41, 5.74) is 10.8. The summed E-state index contributed by atoms with van der Waals surface area (Å²) in [7, 11) is 0. The number of benzene rings is 1. The van der Waals surface area contributed by atoms with Gasteiger partial charge in [0.1, 0.15) is 5.82 Å². The number of pyridine rings is 1. The third-order valence-corrected chi connectivity index (χ3v) is 4.90. The minimum absolute atomic E-state index is 0.270. The lowest BCUT2D eigenvalue weighted by Gasteiger charge is -2.28. The van der Waals surface area contributed by atoms with Crippen LogP contribution < -0.4 is 20.8 Å². The molecule has 3 heterocycles. The van der Waals surface area contributed by atoms with Crippen molar-refractivity contribution in [2.24, 2.45) is 10.8 Å². The third-order valence-electron chi connectivity index (χ3n) is 4.90. The van der Waals surface area contributed by atoms with E-state index in [-0.39, 0.29) is 6.01 Å². The Morgan fingerprint density at radius 2 is 2.06 bits per heavy atom. The Bertz CT molecular complexity index is 1100. The first kappa shape index (κ1) is 22.2. The number of hydrogen-bond acceptors (Lipinski definition) is 9. The van der Waals surface area contributed by atoms with Gasteiger partial charge in [-0.2, -0.15) is 15.1 Å². The molecule has 10 nitrogen and oxygen atoms in total. The topological polar surface area (TPSA) is 128 Å². The molecule has 0 saturated carbocycles. The molecule has 0 unspecified atom stereocenters. The van der Waals surface area contributed by atoms with Crippen LogP contribution in [0.2, 0.25) is 0 Å². The first-order valence-corrected chi connectivity index (χ1v) is 10.6. The van der Waals surface area contributed by atoms with Gasteiger partial charge in [-0.1, -0.05) is 12.1 Å². The van der Waals surface area contributed by atoms with Crippen LogP contribution in [0, 0.1) is 0 Å². The number of nitrogens with two attached hydrogens (primary N) is 1. The van der Waals surface area contributed by atoms with Gasteiger partial charge in [0.15, 0.2) is 0 Å². The number of amides is 1. The van der Waals surface area contributed by atoms with Gasteiger partial charge in [0, 0.05) is 43.0 Å². The second-order valence-corrected chi connectivity index (χ2v) is 7.27. The highest BCUT2D eigenvalue weighted by Crippen LogP contribution is 2.18. The average Bonchev–Trinajstić information content (AvgIpc) is 2.85. The number of nitrogens with one attached hydrogen (secondary N) is 1. The molecule has 1 saturated heterocycles. The van der Waals surface area contributed by atoms with Crippen LogP contribution in [0.3, 0.4) is 0 Å². The molecule has 0 atom stereocenters. The minimum atomic E-state index is -0.499. The van der Waals surface area contributed by atoms with Gasteiger partial charge in [-0.25, -0.2) is 0 Å². The summed E-state index contributed by atoms with van der Waals surface area (Å²) in [6.45, 7) is 3.15. The molecule has 0 aliphatic carbocycles. The van der Waals surface area contributed by atoms with E-state index in [1.807, 2.05) is 24.3 Å². The first-order chi connectivity index (χ1) is 16.2. The third kappa shape index (κ3) is 6.47. The highest BCUT2D eigenvalue weighted by Gasteiger charge is 2.15. The lowest BCUT2D eigenvalue weighted by Crippen LogP contribution is -2.37. The summed E-state index contributed by atoms with van der Waals surface area (Å²) in [5.74, 6) is 0.249. The maximum absolute atomic E-state index is 11.4. The molecule has 2 aromatic heterocycles. The van der Waals surface area contributed by atoms with Gasteiger partial charge < -0.3 is 20.1 Å². The molecule has 1 aliphatic heterocycles. The number of morpholine rings is 1. The van der Waals surface area contributed by atoms with Crippen molar-refractivity contribution in [2.75, 3.05) is 43.2 Å². The fourth-order valence-corrected chi connectivity index (χ4v) is 3.22. The number of carbonyl (C=O) groups excluding carboxylic acids is 1. The monoisotopic (exact) mass is 447 g/mol. The average molecular weight is 447 g/mol. The van der Waals surface area contributed by atoms with Crippen LogP contribution in [0.1, 0.15) is 21.7 Å². The zero-order chi connectivity index (χ0) is 22.9. The molecular formula is C23H25N7O3. The molecule has 0 bridgehead atoms. The van der Waals surface area contributed by atoms with Crippen LogP contribution in [0.4, 0.5) is 11.5 Å². The number of anilines is 2. The summed E-state index contributed by atoms with van der Waals surface area (Å²) in [6.07, 6.45) is 3.98. The molecule has 3 N–H and O–H groups in total. The van der Waals surface area contributed by atoms with Crippen molar-refractivity contribution in [3.05, 3.63) is 71.7 Å². The molecule has 1 aromatic carbocycles. The van der Waals surface area contributed by atoms with E-state index in [0.29, 0.717) is 43.2 Å². The molecular weight excluding hydrogens is 422 g/mol. The second-order valence-electron chi connectivity index (χ2n) is 7.27. The molecule has 0 radical (unpaired) electrons. The molecule has 1 amide bonds. The first-order valence-electron chi connectivity index (χ1n) is 10.6. The zero-order valence-corrected chi connectivity index (χ0v) is 18.1. The van der Waals surface area contributed by atoms with Crippen LogP contribution in [-0.4, -0.2) is 60.0 Å². The fourth-order valence-electron chi connectivity index (χ4n) is 3.22. The van der Waals surface area contributed by atoms with E-state index in [0.717, 1.165) is 24.6 Å². The lowest BCUT2D eigenvalue weighted by molar-refractivity contribution is 0.100. The van der Waals surface area contributed by atoms with Gasteiger partial charge in [-0.15, -0.1) is 0 Å². The van der Waals surface area contributed by atoms with Gasteiger partial charge in [0.2, 0.25) is 5.91 Å². The van der Waals surface area contributed by atoms with Gasteiger partial charge in [0.05, 0.1) is 37.4 Å². The molecule has 170 valence electrons. The predicted octanol–water partition coefficient (Wildman–Crippen LogP) is 1.87. The van der Waals surface area contributed by atoms with E-state index >= 15 is 0 Å².